The molecule has 0 aromatic heterocycles. The molecule has 0 saturated heterocycles. The number of phenols is 1. The van der Waals surface area contributed by atoms with Crippen LogP contribution in [0.2, 0.25) is 0 Å². The molecular formula is C50H54O3S2. The second kappa shape index (κ2) is 19.8. The first-order chi connectivity index (χ1) is 26.5. The average molecular weight is 767 g/mol. The molecule has 0 amide bonds. The predicted octanol–water partition coefficient (Wildman–Crippen LogP) is 13.8. The van der Waals surface area contributed by atoms with Crippen molar-refractivity contribution in [3.8, 4) is 22.6 Å². The third kappa shape index (κ3) is 11.4. The van der Waals surface area contributed by atoms with Crippen molar-refractivity contribution in [1.82, 2.24) is 0 Å². The molecule has 0 aliphatic heterocycles. The van der Waals surface area contributed by atoms with Gasteiger partial charge < -0.3 is 14.9 Å². The standard InChI is InChI=1S/C24H26OS.C15H12O.C11H16OS/c1-3-24(26)22-13-15-23(16-14-22)25-17-18(2)19-9-11-21(12-10-19)20-7-5-4-6-8-20;16-10-15-13-7-3-1-5-11(13)9-12-6-2-4-8-14(12)15;1-11(2,3)10(13)8-4-6-9(12)7-5-8/h4-16,18,24,26H,3,17H2,1-2H3;1-9,16H,10H2;4-7,10,12-13H,1-3H3. The van der Waals surface area contributed by atoms with E-state index in [0.29, 0.717) is 23.5 Å². The highest BCUT2D eigenvalue weighted by molar-refractivity contribution is 7.80. The zero-order valence-corrected chi connectivity index (χ0v) is 34.4. The number of aromatic hydroxyl groups is 1. The molecular weight excluding hydrogens is 713 g/mol. The van der Waals surface area contributed by atoms with Gasteiger partial charge >= 0.3 is 0 Å². The number of thiol groups is 2. The monoisotopic (exact) mass is 766 g/mol. The third-order valence-electron chi connectivity index (χ3n) is 9.81. The van der Waals surface area contributed by atoms with Gasteiger partial charge in [0.15, 0.2) is 0 Å². The Morgan fingerprint density at radius 3 is 1.62 bits per heavy atom. The van der Waals surface area contributed by atoms with E-state index in [1.54, 1.807) is 12.1 Å². The molecule has 7 aromatic carbocycles. The van der Waals surface area contributed by atoms with Crippen LogP contribution in [-0.2, 0) is 6.61 Å². The fourth-order valence-electron chi connectivity index (χ4n) is 6.41. The number of phenolic OH excluding ortho intramolecular Hbond substituents is 1. The van der Waals surface area contributed by atoms with E-state index in [1.807, 2.05) is 54.6 Å². The van der Waals surface area contributed by atoms with E-state index in [0.717, 1.165) is 34.1 Å². The second-order valence-electron chi connectivity index (χ2n) is 15.0. The zero-order valence-electron chi connectivity index (χ0n) is 32.6. The van der Waals surface area contributed by atoms with Gasteiger partial charge in [0, 0.05) is 16.4 Å². The van der Waals surface area contributed by atoms with Crippen LogP contribution in [0.5, 0.6) is 11.5 Å². The molecule has 5 heteroatoms. The number of aliphatic hydroxyl groups is 1. The van der Waals surface area contributed by atoms with Gasteiger partial charge in [0.25, 0.3) is 0 Å². The van der Waals surface area contributed by atoms with Crippen LogP contribution in [-0.4, -0.2) is 16.8 Å². The number of ether oxygens (including phenoxy) is 1. The molecule has 0 heterocycles. The molecule has 2 N–H and O–H groups in total. The number of hydrogen-bond acceptors (Lipinski definition) is 5. The van der Waals surface area contributed by atoms with Gasteiger partial charge in [-0.15, -0.1) is 0 Å². The van der Waals surface area contributed by atoms with Crippen molar-refractivity contribution in [2.24, 2.45) is 5.41 Å². The van der Waals surface area contributed by atoms with Gasteiger partial charge in [-0.05, 0) is 97.1 Å². The van der Waals surface area contributed by atoms with Crippen LogP contribution in [0, 0.1) is 5.41 Å². The minimum Gasteiger partial charge on any atom is -0.508 e. The van der Waals surface area contributed by atoms with Crippen LogP contribution < -0.4 is 4.74 Å². The second-order valence-corrected chi connectivity index (χ2v) is 16.1. The fourth-order valence-corrected chi connectivity index (χ4v) is 6.75. The Kier molecular flexibility index (Phi) is 14.9. The van der Waals surface area contributed by atoms with Crippen molar-refractivity contribution in [3.05, 3.63) is 180 Å². The summed E-state index contributed by atoms with van der Waals surface area (Å²) < 4.78 is 5.98. The van der Waals surface area contributed by atoms with E-state index in [9.17, 15) is 5.11 Å². The molecule has 0 radical (unpaired) electrons. The Bertz CT molecular complexity index is 2150. The van der Waals surface area contributed by atoms with E-state index >= 15 is 0 Å². The summed E-state index contributed by atoms with van der Waals surface area (Å²) in [5.74, 6) is 1.56. The zero-order chi connectivity index (χ0) is 39.4. The van der Waals surface area contributed by atoms with Crippen LogP contribution in [0.1, 0.15) is 79.7 Å². The first-order valence-electron chi connectivity index (χ1n) is 19.0. The lowest BCUT2D eigenvalue weighted by molar-refractivity contribution is 0.285. The average Bonchev–Trinajstić information content (AvgIpc) is 3.22. The molecule has 0 fully saturated rings. The highest BCUT2D eigenvalue weighted by Gasteiger charge is 2.22. The summed E-state index contributed by atoms with van der Waals surface area (Å²) in [5, 5.41) is 23.8. The fraction of sp³-hybridized carbons (Fsp3) is 0.240. The first-order valence-corrected chi connectivity index (χ1v) is 20.0. The molecule has 284 valence electrons. The summed E-state index contributed by atoms with van der Waals surface area (Å²) in [7, 11) is 0. The van der Waals surface area contributed by atoms with E-state index in [-0.39, 0.29) is 17.3 Å². The Morgan fingerprint density at radius 1 is 0.600 bits per heavy atom. The highest BCUT2D eigenvalue weighted by Crippen LogP contribution is 2.38. The minimum atomic E-state index is 0.0852. The number of aliphatic hydroxyl groups excluding tert-OH is 1. The lowest BCUT2D eigenvalue weighted by atomic mass is 9.87. The molecule has 0 bridgehead atoms. The van der Waals surface area contributed by atoms with E-state index in [2.05, 4.69) is 151 Å². The molecule has 7 rings (SSSR count). The number of rotatable bonds is 9. The summed E-state index contributed by atoms with van der Waals surface area (Å²) in [4.78, 5) is 0. The lowest BCUT2D eigenvalue weighted by Gasteiger charge is -2.26. The maximum absolute atomic E-state index is 9.53. The van der Waals surface area contributed by atoms with Gasteiger partial charge in [-0.25, -0.2) is 0 Å². The molecule has 0 spiro atoms. The molecule has 0 aliphatic carbocycles. The largest absolute Gasteiger partial charge is 0.508 e. The predicted molar refractivity (Wildman–Crippen MR) is 241 cm³/mol. The molecule has 0 saturated carbocycles. The maximum atomic E-state index is 9.53. The molecule has 3 unspecified atom stereocenters. The van der Waals surface area contributed by atoms with Crippen molar-refractivity contribution in [3.63, 3.8) is 0 Å². The van der Waals surface area contributed by atoms with Crippen LogP contribution >= 0.6 is 25.3 Å². The molecule has 55 heavy (non-hydrogen) atoms. The van der Waals surface area contributed by atoms with Crippen molar-refractivity contribution in [2.75, 3.05) is 6.61 Å². The SMILES string of the molecule is CC(C)(C)C(S)c1ccc(O)cc1.CCC(S)c1ccc(OCC(C)c2ccc(-c3ccccc3)cc2)cc1.OCc1c2ccccc2cc2ccccc12. The normalized spacial score (nSPS) is 12.8. The van der Waals surface area contributed by atoms with Gasteiger partial charge in [-0.1, -0.05) is 162 Å². The van der Waals surface area contributed by atoms with Crippen LogP contribution in [0.25, 0.3) is 32.7 Å². The van der Waals surface area contributed by atoms with Crippen LogP contribution in [0.3, 0.4) is 0 Å². The smallest absolute Gasteiger partial charge is 0.119 e. The summed E-state index contributed by atoms with van der Waals surface area (Å²) in [6.07, 6.45) is 1.03. The third-order valence-corrected chi connectivity index (χ3v) is 11.5. The van der Waals surface area contributed by atoms with Gasteiger partial charge in [-0.3, -0.25) is 0 Å². The van der Waals surface area contributed by atoms with Crippen molar-refractivity contribution >= 4 is 46.8 Å². The van der Waals surface area contributed by atoms with E-state index < -0.39 is 0 Å². The number of fused-ring (bicyclic) bond motifs is 2. The van der Waals surface area contributed by atoms with Crippen molar-refractivity contribution < 1.29 is 14.9 Å². The summed E-state index contributed by atoms with van der Waals surface area (Å²) in [6.45, 7) is 11.6. The summed E-state index contributed by atoms with van der Waals surface area (Å²) in [6, 6.07) is 53.3. The van der Waals surface area contributed by atoms with Gasteiger partial charge in [0.2, 0.25) is 0 Å². The number of hydrogen-bond donors (Lipinski definition) is 4. The van der Waals surface area contributed by atoms with Gasteiger partial charge in [-0.2, -0.15) is 25.3 Å². The van der Waals surface area contributed by atoms with Crippen LogP contribution in [0.15, 0.2) is 158 Å². The quantitative estimate of drug-likeness (QED) is 0.0874. The van der Waals surface area contributed by atoms with Crippen molar-refractivity contribution in [2.45, 2.75) is 64.1 Å². The summed E-state index contributed by atoms with van der Waals surface area (Å²) >= 11 is 9.13. The number of benzene rings is 7. The molecule has 0 aliphatic rings. The van der Waals surface area contributed by atoms with E-state index in [4.69, 9.17) is 9.84 Å². The summed E-state index contributed by atoms with van der Waals surface area (Å²) in [5.41, 5.74) is 7.34. The Labute approximate surface area is 338 Å². The lowest BCUT2D eigenvalue weighted by Crippen LogP contribution is -2.13. The molecule has 7 aromatic rings. The van der Waals surface area contributed by atoms with Crippen molar-refractivity contribution in [1.29, 1.82) is 0 Å². The van der Waals surface area contributed by atoms with Crippen LogP contribution in [0.4, 0.5) is 0 Å². The Balaban J connectivity index is 0.000000171. The Hall–Kier alpha value is -4.68. The topological polar surface area (TPSA) is 49.7 Å². The molecule has 3 nitrogen and oxygen atoms in total. The highest BCUT2D eigenvalue weighted by atomic mass is 32.1. The first kappa shape index (κ1) is 41.5. The maximum Gasteiger partial charge on any atom is 0.119 e. The van der Waals surface area contributed by atoms with Gasteiger partial charge in [0.1, 0.15) is 11.5 Å². The van der Waals surface area contributed by atoms with E-state index in [1.165, 1.54) is 33.0 Å². The minimum absolute atomic E-state index is 0.0852. The molecule has 3 atom stereocenters. The Morgan fingerprint density at radius 2 is 1.09 bits per heavy atom. The van der Waals surface area contributed by atoms with Gasteiger partial charge in [0.05, 0.1) is 13.2 Å².